The molecule has 2 rings (SSSR count). The maximum Gasteiger partial charge on any atom is 0.264 e. The van der Waals surface area contributed by atoms with Gasteiger partial charge in [-0.1, -0.05) is 18.1 Å². The van der Waals surface area contributed by atoms with Gasteiger partial charge in [-0.2, -0.15) is 4.98 Å². The number of hydrogen-bond acceptors (Lipinski definition) is 5. The summed E-state index contributed by atoms with van der Waals surface area (Å²) >= 11 is 0. The maximum absolute atomic E-state index is 13.3. The lowest BCUT2D eigenvalue weighted by Crippen LogP contribution is -2.08. The number of benzene rings is 1. The zero-order valence-corrected chi connectivity index (χ0v) is 11.6. The molecule has 6 heteroatoms. The van der Waals surface area contributed by atoms with Crippen LogP contribution < -0.4 is 10.5 Å². The topological polar surface area (TPSA) is 74.2 Å². The van der Waals surface area contributed by atoms with Gasteiger partial charge in [-0.25, -0.2) is 4.39 Å². The molecule has 1 aromatic carbocycles. The van der Waals surface area contributed by atoms with Gasteiger partial charge in [0.05, 0.1) is 0 Å². The number of rotatable bonds is 6. The van der Waals surface area contributed by atoms with Crippen molar-refractivity contribution in [3.63, 3.8) is 0 Å². The summed E-state index contributed by atoms with van der Waals surface area (Å²) in [5.74, 6) is 1.04. The third-order valence-corrected chi connectivity index (χ3v) is 2.80. The van der Waals surface area contributed by atoms with Crippen LogP contribution in [0.25, 0.3) is 0 Å². The SMILES string of the molecule is CCCc1noc(COc2cc(F)ccc2[C@H](C)N)n1. The molecule has 2 N–H and O–H groups in total. The van der Waals surface area contributed by atoms with E-state index in [1.54, 1.807) is 6.07 Å². The van der Waals surface area contributed by atoms with Crippen LogP contribution in [0, 0.1) is 5.82 Å². The molecule has 0 spiro atoms. The molecule has 1 aromatic heterocycles. The van der Waals surface area contributed by atoms with E-state index < -0.39 is 0 Å². The Labute approximate surface area is 116 Å². The minimum atomic E-state index is -0.374. The van der Waals surface area contributed by atoms with Crippen molar-refractivity contribution in [3.05, 3.63) is 41.3 Å². The summed E-state index contributed by atoms with van der Waals surface area (Å²) in [7, 11) is 0. The first kappa shape index (κ1) is 14.5. The first-order valence-corrected chi connectivity index (χ1v) is 6.59. The quantitative estimate of drug-likeness (QED) is 0.880. The van der Waals surface area contributed by atoms with Crippen LogP contribution in [0.3, 0.4) is 0 Å². The highest BCUT2D eigenvalue weighted by Gasteiger charge is 2.12. The summed E-state index contributed by atoms with van der Waals surface area (Å²) in [4.78, 5) is 4.18. The van der Waals surface area contributed by atoms with Crippen LogP contribution in [0.2, 0.25) is 0 Å². The predicted octanol–water partition coefficient (Wildman–Crippen LogP) is 2.76. The molecule has 0 saturated carbocycles. The molecular weight excluding hydrogens is 261 g/mol. The number of ether oxygens (including phenoxy) is 1. The zero-order valence-electron chi connectivity index (χ0n) is 11.6. The van der Waals surface area contributed by atoms with Crippen LogP contribution in [-0.2, 0) is 13.0 Å². The van der Waals surface area contributed by atoms with Gasteiger partial charge in [0.15, 0.2) is 12.4 Å². The van der Waals surface area contributed by atoms with Crippen molar-refractivity contribution in [2.45, 2.75) is 39.3 Å². The zero-order chi connectivity index (χ0) is 14.5. The Morgan fingerprint density at radius 2 is 2.25 bits per heavy atom. The average molecular weight is 279 g/mol. The number of halogens is 1. The Balaban J connectivity index is 2.07. The smallest absolute Gasteiger partial charge is 0.264 e. The summed E-state index contributed by atoms with van der Waals surface area (Å²) in [6.07, 6.45) is 1.70. The Hall–Kier alpha value is -1.95. The van der Waals surface area contributed by atoms with Crippen LogP contribution in [0.15, 0.2) is 22.7 Å². The van der Waals surface area contributed by atoms with E-state index in [2.05, 4.69) is 10.1 Å². The molecule has 0 aliphatic heterocycles. The van der Waals surface area contributed by atoms with Gasteiger partial charge in [-0.15, -0.1) is 0 Å². The average Bonchev–Trinajstić information content (AvgIpc) is 2.84. The monoisotopic (exact) mass is 279 g/mol. The van der Waals surface area contributed by atoms with Crippen LogP contribution >= 0.6 is 0 Å². The molecule has 108 valence electrons. The molecule has 1 atom stereocenters. The Bertz CT molecular complexity index is 569. The molecule has 0 unspecified atom stereocenters. The molecular formula is C14H18FN3O2. The predicted molar refractivity (Wildman–Crippen MR) is 71.6 cm³/mol. The summed E-state index contributed by atoms with van der Waals surface area (Å²) in [5.41, 5.74) is 6.56. The maximum atomic E-state index is 13.3. The third kappa shape index (κ3) is 3.54. The van der Waals surface area contributed by atoms with Gasteiger partial charge in [0, 0.05) is 24.1 Å². The summed E-state index contributed by atoms with van der Waals surface area (Å²) in [6, 6.07) is 4.04. The number of nitrogens with two attached hydrogens (primary N) is 1. The van der Waals surface area contributed by atoms with Crippen molar-refractivity contribution in [2.24, 2.45) is 5.73 Å². The van der Waals surface area contributed by atoms with E-state index in [1.807, 2.05) is 13.8 Å². The number of hydrogen-bond donors (Lipinski definition) is 1. The second kappa shape index (κ2) is 6.47. The van der Waals surface area contributed by atoms with Crippen molar-refractivity contribution < 1.29 is 13.7 Å². The lowest BCUT2D eigenvalue weighted by molar-refractivity contribution is 0.239. The van der Waals surface area contributed by atoms with Crippen LogP contribution in [0.5, 0.6) is 5.75 Å². The van der Waals surface area contributed by atoms with Crippen molar-refractivity contribution in [1.82, 2.24) is 10.1 Å². The highest BCUT2D eigenvalue weighted by Crippen LogP contribution is 2.25. The molecule has 5 nitrogen and oxygen atoms in total. The van der Waals surface area contributed by atoms with E-state index in [0.717, 1.165) is 18.4 Å². The van der Waals surface area contributed by atoms with Gasteiger partial charge in [0.1, 0.15) is 11.6 Å². The fourth-order valence-corrected chi connectivity index (χ4v) is 1.82. The summed E-state index contributed by atoms with van der Waals surface area (Å²) in [5, 5.41) is 3.83. The van der Waals surface area contributed by atoms with E-state index in [0.29, 0.717) is 17.5 Å². The fourth-order valence-electron chi connectivity index (χ4n) is 1.82. The molecule has 0 saturated heterocycles. The molecule has 0 amide bonds. The van der Waals surface area contributed by atoms with Crippen molar-refractivity contribution in [1.29, 1.82) is 0 Å². The standard InChI is InChI=1S/C14H18FN3O2/c1-3-4-13-17-14(20-18-13)8-19-12-7-10(15)5-6-11(12)9(2)16/h5-7,9H,3-4,8,16H2,1-2H3/t9-/m0/s1. The summed E-state index contributed by atoms with van der Waals surface area (Å²) in [6.45, 7) is 3.94. The van der Waals surface area contributed by atoms with Gasteiger partial charge in [0.25, 0.3) is 5.89 Å². The van der Waals surface area contributed by atoms with Gasteiger partial charge in [-0.05, 0) is 19.4 Å². The Morgan fingerprint density at radius 1 is 1.45 bits per heavy atom. The molecule has 0 radical (unpaired) electrons. The number of nitrogens with zero attached hydrogens (tertiary/aromatic N) is 2. The summed E-state index contributed by atoms with van der Waals surface area (Å²) < 4.78 is 23.9. The first-order chi connectivity index (χ1) is 9.60. The van der Waals surface area contributed by atoms with Crippen molar-refractivity contribution >= 4 is 0 Å². The largest absolute Gasteiger partial charge is 0.483 e. The number of aryl methyl sites for hydroxylation is 1. The van der Waals surface area contributed by atoms with Crippen LogP contribution in [0.4, 0.5) is 4.39 Å². The Morgan fingerprint density at radius 3 is 2.95 bits per heavy atom. The second-order valence-corrected chi connectivity index (χ2v) is 4.61. The molecule has 1 heterocycles. The van der Waals surface area contributed by atoms with Gasteiger partial charge in [0.2, 0.25) is 0 Å². The molecule has 0 fully saturated rings. The fraction of sp³-hybridized carbons (Fsp3) is 0.429. The highest BCUT2D eigenvalue weighted by molar-refractivity contribution is 5.36. The van der Waals surface area contributed by atoms with Crippen molar-refractivity contribution in [3.8, 4) is 5.75 Å². The van der Waals surface area contributed by atoms with E-state index in [-0.39, 0.29) is 18.5 Å². The molecule has 0 aliphatic rings. The van der Waals surface area contributed by atoms with Crippen molar-refractivity contribution in [2.75, 3.05) is 0 Å². The molecule has 2 aromatic rings. The van der Waals surface area contributed by atoms with E-state index >= 15 is 0 Å². The third-order valence-electron chi connectivity index (χ3n) is 2.80. The Kier molecular flexibility index (Phi) is 4.68. The van der Waals surface area contributed by atoms with Crippen LogP contribution in [0.1, 0.15) is 43.6 Å². The molecule has 0 bridgehead atoms. The van der Waals surface area contributed by atoms with Crippen LogP contribution in [-0.4, -0.2) is 10.1 Å². The van der Waals surface area contributed by atoms with Gasteiger partial charge in [-0.3, -0.25) is 0 Å². The minimum absolute atomic E-state index is 0.0971. The van der Waals surface area contributed by atoms with E-state index in [1.165, 1.54) is 12.1 Å². The van der Waals surface area contributed by atoms with Gasteiger partial charge >= 0.3 is 0 Å². The van der Waals surface area contributed by atoms with Gasteiger partial charge < -0.3 is 15.0 Å². The number of aromatic nitrogens is 2. The minimum Gasteiger partial charge on any atom is -0.483 e. The van der Waals surface area contributed by atoms with E-state index in [9.17, 15) is 4.39 Å². The second-order valence-electron chi connectivity index (χ2n) is 4.61. The molecule has 20 heavy (non-hydrogen) atoms. The normalized spacial score (nSPS) is 12.4. The highest BCUT2D eigenvalue weighted by atomic mass is 19.1. The molecule has 0 aliphatic carbocycles. The lowest BCUT2D eigenvalue weighted by atomic mass is 10.1. The first-order valence-electron chi connectivity index (χ1n) is 6.59. The lowest BCUT2D eigenvalue weighted by Gasteiger charge is -2.12. The van der Waals surface area contributed by atoms with E-state index in [4.69, 9.17) is 15.0 Å².